The van der Waals surface area contributed by atoms with Crippen LogP contribution in [0.5, 0.6) is 0 Å². The number of nitrogen functional groups attached to an aromatic ring is 1. The van der Waals surface area contributed by atoms with Gasteiger partial charge in [0.1, 0.15) is 59.3 Å². The number of fused-ring (bicyclic) bond motifs is 2. The van der Waals surface area contributed by atoms with E-state index in [-0.39, 0.29) is 45.5 Å². The summed E-state index contributed by atoms with van der Waals surface area (Å²) < 4.78 is 3.69. The molecule has 2 aliphatic heterocycles. The first kappa shape index (κ1) is 26.5. The Morgan fingerprint density at radius 2 is 2.26 bits per heavy atom. The Hall–Kier alpha value is -4.13. The number of aromatic nitrogens is 3. The monoisotopic (exact) mass is 586 g/mol. The average molecular weight is 587 g/mol. The number of thioether (sulfide) groups is 1. The second kappa shape index (κ2) is 10.6. The Balaban J connectivity index is 1.38. The molecular weight excluding hydrogens is 568 g/mol. The van der Waals surface area contributed by atoms with Crippen LogP contribution in [0.4, 0.5) is 5.13 Å². The van der Waals surface area contributed by atoms with Crippen molar-refractivity contribution in [3.05, 3.63) is 57.6 Å². The minimum absolute atomic E-state index is 0.0151. The fraction of sp³-hybridized carbons (Fsp3) is 0.261. The number of β-lactam (4-membered cyclic amide) rings is 1. The highest BCUT2D eigenvalue weighted by molar-refractivity contribution is 8.00. The number of carboxylic acid groups (broad SMARTS) is 1. The normalized spacial score (nSPS) is 18.9. The van der Waals surface area contributed by atoms with E-state index in [0.29, 0.717) is 11.1 Å². The molecule has 1 fully saturated rings. The molecule has 3 N–H and O–H groups in total. The van der Waals surface area contributed by atoms with E-state index in [2.05, 4.69) is 21.5 Å². The summed E-state index contributed by atoms with van der Waals surface area (Å²) >= 11 is 8.41. The van der Waals surface area contributed by atoms with E-state index in [4.69, 9.17) is 27.4 Å². The van der Waals surface area contributed by atoms with Gasteiger partial charge in [0, 0.05) is 17.4 Å². The Labute approximate surface area is 234 Å². The van der Waals surface area contributed by atoms with Crippen molar-refractivity contribution < 1.29 is 28.9 Å². The van der Waals surface area contributed by atoms with E-state index < -0.39 is 29.2 Å². The lowest BCUT2D eigenvalue weighted by Gasteiger charge is -2.50. The number of hydrogen-bond acceptors (Lipinski definition) is 11. The number of carbonyl (C=O) groups excluding carboxylic acids is 3. The zero-order chi connectivity index (χ0) is 27.8. The van der Waals surface area contributed by atoms with Gasteiger partial charge in [-0.25, -0.2) is 14.0 Å². The summed E-state index contributed by atoms with van der Waals surface area (Å²) in [5.74, 6) is -2.60. The van der Waals surface area contributed by atoms with Gasteiger partial charge in [-0.15, -0.1) is 11.8 Å². The van der Waals surface area contributed by atoms with Crippen LogP contribution in [0.25, 0.3) is 5.65 Å². The summed E-state index contributed by atoms with van der Waals surface area (Å²) in [7, 11) is 0. The standard InChI is InChI=1S/C23H19ClN8O5S2/c1-2-37-29-15(14-18(24)39-23(26)28-14)19(33)27-16-20(34)32-17(22(35)36)12(10-38-21(16)32)9-31-6-5-30-8-11(7-25)3-4-13(30)31/h3-6,8,16,21H,2,9-10H2,1H3,(H3-,26,27,28,33,35,36)/b29-15+/t16-,21-/m1/s1. The van der Waals surface area contributed by atoms with E-state index in [1.807, 2.05) is 4.57 Å². The lowest BCUT2D eigenvalue weighted by atomic mass is 10.0. The topological polar surface area (TPSA) is 182 Å². The molecule has 5 heterocycles. The molecule has 2 amide bonds. The van der Waals surface area contributed by atoms with Crippen molar-refractivity contribution >= 4 is 69.0 Å². The summed E-state index contributed by atoms with van der Waals surface area (Å²) in [6.07, 6.45) is 5.16. The van der Waals surface area contributed by atoms with Crippen molar-refractivity contribution in [3.63, 3.8) is 0 Å². The quantitative estimate of drug-likeness (QED) is 0.154. The number of rotatable bonds is 8. The van der Waals surface area contributed by atoms with Crippen LogP contribution in [-0.4, -0.2) is 61.6 Å². The molecule has 39 heavy (non-hydrogen) atoms. The first-order chi connectivity index (χ1) is 18.7. The molecule has 0 aliphatic carbocycles. The van der Waals surface area contributed by atoms with Gasteiger partial charge in [-0.05, 0) is 13.0 Å². The fourth-order valence-electron chi connectivity index (χ4n) is 4.29. The van der Waals surface area contributed by atoms with Crippen LogP contribution in [0.2, 0.25) is 4.34 Å². The molecule has 3 aromatic heterocycles. The number of pyridine rings is 1. The number of carboxylic acids is 1. The number of carbonyl (C=O) groups is 3. The maximum absolute atomic E-state index is 13.1. The number of nitrogens with one attached hydrogen (secondary N) is 1. The summed E-state index contributed by atoms with van der Waals surface area (Å²) in [6, 6.07) is 4.46. The number of oxime groups is 1. The fourth-order valence-corrected chi connectivity index (χ4v) is 6.56. The maximum atomic E-state index is 13.1. The molecule has 0 saturated carbocycles. The van der Waals surface area contributed by atoms with Gasteiger partial charge in [0.05, 0.1) is 17.2 Å². The first-order valence-corrected chi connectivity index (χ1v) is 13.7. The number of halogens is 1. The predicted molar refractivity (Wildman–Crippen MR) is 139 cm³/mol. The molecule has 0 aromatic carbocycles. The largest absolute Gasteiger partial charge is 0.543 e. The van der Waals surface area contributed by atoms with Crippen molar-refractivity contribution in [2.45, 2.75) is 24.9 Å². The third kappa shape index (κ3) is 4.78. The Morgan fingerprint density at radius 1 is 1.46 bits per heavy atom. The molecule has 16 heteroatoms. The highest BCUT2D eigenvalue weighted by Crippen LogP contribution is 2.40. The number of aliphatic carboxylic acids is 1. The number of imidazole rings is 1. The maximum Gasteiger partial charge on any atom is 0.286 e. The molecule has 0 unspecified atom stereocenters. The highest BCUT2D eigenvalue weighted by atomic mass is 35.5. The average Bonchev–Trinajstić information content (AvgIpc) is 3.47. The molecular formula is C23H19ClN8O5S2. The van der Waals surface area contributed by atoms with Crippen LogP contribution < -0.4 is 20.7 Å². The summed E-state index contributed by atoms with van der Waals surface area (Å²) in [4.78, 5) is 48.6. The van der Waals surface area contributed by atoms with Crippen LogP contribution in [0, 0.1) is 11.3 Å². The Morgan fingerprint density at radius 3 is 2.92 bits per heavy atom. The lowest BCUT2D eigenvalue weighted by Crippen LogP contribution is -2.71. The Bertz CT molecular complexity index is 1620. The molecule has 0 spiro atoms. The first-order valence-electron chi connectivity index (χ1n) is 11.4. The summed E-state index contributed by atoms with van der Waals surface area (Å²) in [5.41, 5.74) is 6.90. The number of hydrogen-bond donors (Lipinski definition) is 2. The van der Waals surface area contributed by atoms with E-state index in [1.54, 1.807) is 42.0 Å². The van der Waals surface area contributed by atoms with E-state index in [9.17, 15) is 19.5 Å². The summed E-state index contributed by atoms with van der Waals surface area (Å²) in [6.45, 7) is 2.02. The second-order valence-corrected chi connectivity index (χ2v) is 11.1. The van der Waals surface area contributed by atoms with Gasteiger partial charge in [0.15, 0.2) is 10.8 Å². The van der Waals surface area contributed by atoms with Gasteiger partial charge in [-0.1, -0.05) is 28.1 Å². The molecule has 200 valence electrons. The second-order valence-electron chi connectivity index (χ2n) is 8.35. The minimum atomic E-state index is -1.49. The molecule has 2 atom stereocenters. The molecule has 2 aliphatic rings. The lowest BCUT2D eigenvalue weighted by molar-refractivity contribution is -0.662. The highest BCUT2D eigenvalue weighted by Gasteiger charge is 2.53. The van der Waals surface area contributed by atoms with Crippen LogP contribution in [0.15, 0.2) is 47.1 Å². The number of anilines is 1. The zero-order valence-corrected chi connectivity index (χ0v) is 22.5. The molecule has 0 bridgehead atoms. The van der Waals surface area contributed by atoms with Crippen molar-refractivity contribution in [1.29, 1.82) is 5.26 Å². The third-order valence-electron chi connectivity index (χ3n) is 6.00. The van der Waals surface area contributed by atoms with Gasteiger partial charge in [-0.2, -0.15) is 5.26 Å². The van der Waals surface area contributed by atoms with E-state index >= 15 is 0 Å². The molecule has 0 radical (unpaired) electrons. The number of nitrogens with two attached hydrogens (primary N) is 1. The van der Waals surface area contributed by atoms with Crippen LogP contribution in [0.3, 0.4) is 0 Å². The minimum Gasteiger partial charge on any atom is -0.543 e. The van der Waals surface area contributed by atoms with Gasteiger partial charge in [0.2, 0.25) is 0 Å². The van der Waals surface area contributed by atoms with Crippen molar-refractivity contribution in [2.24, 2.45) is 5.16 Å². The van der Waals surface area contributed by atoms with Gasteiger partial charge >= 0.3 is 0 Å². The van der Waals surface area contributed by atoms with Crippen LogP contribution >= 0.6 is 34.7 Å². The number of thiazole rings is 1. The molecule has 5 rings (SSSR count). The van der Waals surface area contributed by atoms with Crippen molar-refractivity contribution in [2.75, 3.05) is 18.1 Å². The van der Waals surface area contributed by atoms with E-state index in [0.717, 1.165) is 21.9 Å². The summed E-state index contributed by atoms with van der Waals surface area (Å²) in [5, 5.41) is 27.1. The Kier molecular flexibility index (Phi) is 7.17. The predicted octanol–water partition coefficient (Wildman–Crippen LogP) is -0.365. The number of nitriles is 1. The van der Waals surface area contributed by atoms with Gasteiger partial charge in [0.25, 0.3) is 17.5 Å². The number of nitrogens with zero attached hydrogens (tertiary/aromatic N) is 6. The third-order valence-corrected chi connectivity index (χ3v) is 8.42. The zero-order valence-electron chi connectivity index (χ0n) is 20.2. The van der Waals surface area contributed by atoms with Crippen LogP contribution in [-0.2, 0) is 25.8 Å². The molecule has 13 nitrogen and oxygen atoms in total. The molecule has 3 aromatic rings. The van der Waals surface area contributed by atoms with Gasteiger partial charge in [-0.3, -0.25) is 14.5 Å². The van der Waals surface area contributed by atoms with Gasteiger partial charge < -0.3 is 25.8 Å². The van der Waals surface area contributed by atoms with E-state index in [1.165, 1.54) is 11.8 Å². The SMILES string of the molecule is CCO/N=C(/C(=O)N[C@@H]1C(=O)N2C(C(=O)[O-])=C(C[n+]3ccn4cc(C#N)ccc43)CS[C@H]12)c1nc(N)sc1Cl. The van der Waals surface area contributed by atoms with Crippen molar-refractivity contribution in [1.82, 2.24) is 19.6 Å². The number of amides is 2. The van der Waals surface area contributed by atoms with Crippen LogP contribution in [0.1, 0.15) is 18.2 Å². The molecule has 1 saturated heterocycles. The van der Waals surface area contributed by atoms with Crippen molar-refractivity contribution in [3.8, 4) is 6.07 Å². The smallest absolute Gasteiger partial charge is 0.286 e.